The number of aliphatic hydroxyl groups excluding tert-OH is 2. The molecule has 1 aromatic heterocycles. The molecule has 2 saturated heterocycles. The number of allylic oxidation sites excluding steroid dienone is 5. The molecule has 2 aromatic rings. The van der Waals surface area contributed by atoms with Gasteiger partial charge in [-0.1, -0.05) is 50.6 Å². The molecule has 2 unspecified atom stereocenters. The SMILES string of the molecule is C/C1=C/C=C/C(C)[C@H](O)CC(O)C[C@H](OC(=O)CC(=O)N2CCC(Nc3ccncc3Cl)CC2)CC/C=C/O[C@@]2(C)Oc3c(C)c(O)c4c(c3C2=O)C2=NC3(CCN(CC(C)C)CC3)NC2=C(NC1=O)C4=O. The quantitative estimate of drug-likeness (QED) is 0.142. The van der Waals surface area contributed by atoms with Gasteiger partial charge in [-0.15, -0.1) is 0 Å². The first-order valence-electron chi connectivity index (χ1n) is 25.0. The first kappa shape index (κ1) is 52.2. The number of aromatic nitrogens is 1. The normalized spacial score (nSPS) is 27.8. The average molecular weight is 1010 g/mol. The molecule has 19 heteroatoms. The minimum atomic E-state index is -1.95. The number of nitrogens with one attached hydrogen (secondary N) is 3. The Bertz CT molecular complexity index is 2650. The van der Waals surface area contributed by atoms with Crippen molar-refractivity contribution in [3.63, 3.8) is 0 Å². The number of rotatable bonds is 7. The first-order valence-corrected chi connectivity index (χ1v) is 25.4. The number of aliphatic imine (C=N–C) groups is 1. The molecule has 6 aliphatic heterocycles. The summed E-state index contributed by atoms with van der Waals surface area (Å²) in [5.41, 5.74) is 0.506. The van der Waals surface area contributed by atoms with E-state index in [1.165, 1.54) is 26.2 Å². The van der Waals surface area contributed by atoms with Crippen LogP contribution in [0.1, 0.15) is 124 Å². The highest BCUT2D eigenvalue weighted by Gasteiger charge is 2.54. The molecule has 2 fully saturated rings. The summed E-state index contributed by atoms with van der Waals surface area (Å²) in [5, 5.41) is 44.4. The van der Waals surface area contributed by atoms with Gasteiger partial charge in [0.1, 0.15) is 35.4 Å². The second kappa shape index (κ2) is 21.6. The number of hydrogen-bond acceptors (Lipinski definition) is 16. The van der Waals surface area contributed by atoms with Crippen molar-refractivity contribution in [3.8, 4) is 11.5 Å². The number of aromatic hydroxyl groups is 1. The van der Waals surface area contributed by atoms with E-state index in [4.69, 9.17) is 30.8 Å². The molecule has 9 rings (SSSR count). The van der Waals surface area contributed by atoms with Gasteiger partial charge in [0, 0.05) is 100.0 Å². The number of carbonyl (C=O) groups is 5. The summed E-state index contributed by atoms with van der Waals surface area (Å²) in [7, 11) is 0. The second-order valence-corrected chi connectivity index (χ2v) is 20.9. The van der Waals surface area contributed by atoms with Gasteiger partial charge in [0.25, 0.3) is 11.7 Å². The van der Waals surface area contributed by atoms with Crippen LogP contribution in [0.3, 0.4) is 0 Å². The van der Waals surface area contributed by atoms with Gasteiger partial charge in [-0.3, -0.25) is 33.9 Å². The molecule has 5 atom stereocenters. The van der Waals surface area contributed by atoms with E-state index in [2.05, 4.69) is 39.7 Å². The Balaban J connectivity index is 1.04. The number of esters is 1. The lowest BCUT2D eigenvalue weighted by Gasteiger charge is -2.38. The summed E-state index contributed by atoms with van der Waals surface area (Å²) in [6.07, 6.45) is 10.1. The van der Waals surface area contributed by atoms with E-state index in [-0.39, 0.29) is 88.3 Å². The fourth-order valence-corrected chi connectivity index (χ4v) is 10.4. The van der Waals surface area contributed by atoms with Crippen molar-refractivity contribution in [2.45, 2.75) is 135 Å². The highest BCUT2D eigenvalue weighted by atomic mass is 35.5. The number of ether oxygens (including phenoxy) is 3. The number of fused-ring (bicyclic) bond motifs is 13. The molecule has 386 valence electrons. The first-order chi connectivity index (χ1) is 34.3. The maximum atomic E-state index is 14.7. The predicted octanol–water partition coefficient (Wildman–Crippen LogP) is 5.77. The van der Waals surface area contributed by atoms with Crippen LogP contribution in [0.2, 0.25) is 5.02 Å². The van der Waals surface area contributed by atoms with Crippen LogP contribution >= 0.6 is 11.6 Å². The molecule has 0 radical (unpaired) electrons. The van der Waals surface area contributed by atoms with Crippen LogP contribution in [-0.2, 0) is 23.9 Å². The lowest BCUT2D eigenvalue weighted by atomic mass is 9.82. The van der Waals surface area contributed by atoms with Crippen LogP contribution in [-0.4, -0.2) is 134 Å². The number of benzene rings is 1. The third kappa shape index (κ3) is 11.1. The monoisotopic (exact) mass is 1010 g/mol. The third-order valence-electron chi connectivity index (χ3n) is 14.4. The van der Waals surface area contributed by atoms with E-state index < -0.39 is 71.3 Å². The predicted molar refractivity (Wildman–Crippen MR) is 268 cm³/mol. The fraction of sp³-hybridized carbons (Fsp3) is 0.528. The summed E-state index contributed by atoms with van der Waals surface area (Å²) < 4.78 is 18.2. The number of halogens is 1. The number of anilines is 1. The lowest BCUT2D eigenvalue weighted by molar-refractivity contribution is -0.155. The van der Waals surface area contributed by atoms with Crippen molar-refractivity contribution in [3.05, 3.63) is 93.3 Å². The topological polar surface area (TPSA) is 242 Å². The van der Waals surface area contributed by atoms with Crippen LogP contribution in [0.5, 0.6) is 11.5 Å². The van der Waals surface area contributed by atoms with E-state index in [0.29, 0.717) is 62.8 Å². The Hall–Kier alpha value is -6.08. The third-order valence-corrected chi connectivity index (χ3v) is 14.7. The number of nitrogens with zero attached hydrogens (tertiary/aromatic N) is 4. The van der Waals surface area contributed by atoms with Gasteiger partial charge < -0.3 is 55.3 Å². The van der Waals surface area contributed by atoms with Crippen molar-refractivity contribution in [2.24, 2.45) is 16.8 Å². The number of piperidine rings is 2. The minimum Gasteiger partial charge on any atom is -0.507 e. The number of likely N-dealkylation sites (tertiary alicyclic amines) is 2. The molecule has 72 heavy (non-hydrogen) atoms. The molecule has 7 heterocycles. The van der Waals surface area contributed by atoms with Crippen molar-refractivity contribution < 1.29 is 53.5 Å². The standard InChI is InChI=1S/C53H66ClN7O11/c1-29(2)28-60-21-16-53(17-22-60)58-44-41-42-47(66)32(5)49-43(41)50(68)52(6,72-49)70-23-8-7-12-35(71-40(65)26-39(64)61-19-14-33(15-20-61)56-37-13-18-55-27-36(37)54)24-34(62)25-38(63)30(3)10-9-11-31(4)51(69)57-46(48(42)67)45(44)59-53/h8-11,13,18,23,27,29-30,33-35,38,59,62-63,66H,7,12,14-17,19-22,24-26,28H2,1-6H3,(H,55,56)(H,57,69)/b10-9+,23-8+,31-11-/t30?,34?,35-,38-,52+/m1/s1. The molecular weight excluding hydrogens is 946 g/mol. The number of carbonyl (C=O) groups excluding carboxylic acids is 5. The summed E-state index contributed by atoms with van der Waals surface area (Å²) in [6, 6.07) is 1.86. The number of Topliss-reactive ketones (excluding diaryl/α,β-unsaturated/α-hetero) is 2. The molecule has 0 saturated carbocycles. The van der Waals surface area contributed by atoms with Crippen LogP contribution < -0.4 is 20.7 Å². The number of pyridine rings is 1. The number of amides is 2. The van der Waals surface area contributed by atoms with Gasteiger partial charge in [-0.2, -0.15) is 0 Å². The Morgan fingerprint density at radius 3 is 2.47 bits per heavy atom. The van der Waals surface area contributed by atoms with Gasteiger partial charge in [0.15, 0.2) is 0 Å². The molecular formula is C53H66ClN7O11. The Labute approximate surface area is 424 Å². The summed E-state index contributed by atoms with van der Waals surface area (Å²) in [6.45, 7) is 13.8. The molecule has 6 N–H and O–H groups in total. The fourth-order valence-electron chi connectivity index (χ4n) is 10.2. The van der Waals surface area contributed by atoms with Crippen LogP contribution in [0.4, 0.5) is 5.69 Å². The smallest absolute Gasteiger partial charge is 0.315 e. The van der Waals surface area contributed by atoms with Crippen molar-refractivity contribution in [2.75, 3.05) is 38.0 Å². The van der Waals surface area contributed by atoms with E-state index in [0.717, 1.165) is 12.2 Å². The maximum Gasteiger partial charge on any atom is 0.315 e. The number of ketones is 2. The number of aliphatic hydroxyl groups is 2. The maximum absolute atomic E-state index is 14.7. The molecule has 18 nitrogen and oxygen atoms in total. The Morgan fingerprint density at radius 1 is 1.03 bits per heavy atom. The highest BCUT2D eigenvalue weighted by molar-refractivity contribution is 6.34. The van der Waals surface area contributed by atoms with Crippen molar-refractivity contribution >= 4 is 52.4 Å². The molecule has 2 amide bonds. The lowest BCUT2D eigenvalue weighted by Crippen LogP contribution is -2.50. The Kier molecular flexibility index (Phi) is 15.6. The zero-order chi connectivity index (χ0) is 51.6. The molecule has 5 bridgehead atoms. The van der Waals surface area contributed by atoms with Gasteiger partial charge in [0.2, 0.25) is 11.7 Å². The van der Waals surface area contributed by atoms with Gasteiger partial charge in [0.05, 0.1) is 51.7 Å². The number of phenols is 1. The zero-order valence-corrected chi connectivity index (χ0v) is 42.5. The van der Waals surface area contributed by atoms with E-state index in [1.807, 2.05) is 0 Å². The summed E-state index contributed by atoms with van der Waals surface area (Å²) in [4.78, 5) is 83.3. The van der Waals surface area contributed by atoms with E-state index >= 15 is 0 Å². The molecule has 1 spiro atoms. The highest BCUT2D eigenvalue weighted by Crippen LogP contribution is 2.50. The largest absolute Gasteiger partial charge is 0.507 e. The molecule has 7 aliphatic rings. The minimum absolute atomic E-state index is 0.0145. The average Bonchev–Trinajstić information content (AvgIpc) is 3.83. The second-order valence-electron chi connectivity index (χ2n) is 20.4. The van der Waals surface area contributed by atoms with Gasteiger partial charge in [-0.25, -0.2) is 0 Å². The Morgan fingerprint density at radius 2 is 1.76 bits per heavy atom. The molecule has 1 aromatic carbocycles. The molecule has 1 aliphatic carbocycles. The van der Waals surface area contributed by atoms with E-state index in [9.17, 15) is 39.3 Å². The van der Waals surface area contributed by atoms with Crippen LogP contribution in [0.25, 0.3) is 0 Å². The number of hydrogen-bond donors (Lipinski definition) is 6. The summed E-state index contributed by atoms with van der Waals surface area (Å²) in [5.74, 6) is -5.47. The van der Waals surface area contributed by atoms with Crippen LogP contribution in [0, 0.1) is 18.8 Å². The summed E-state index contributed by atoms with van der Waals surface area (Å²) >= 11 is 6.27. The van der Waals surface area contributed by atoms with Crippen molar-refractivity contribution in [1.29, 1.82) is 0 Å². The van der Waals surface area contributed by atoms with Crippen LogP contribution in [0.15, 0.2) is 71.0 Å². The van der Waals surface area contributed by atoms with Gasteiger partial charge >= 0.3 is 11.8 Å². The zero-order valence-electron chi connectivity index (χ0n) is 41.8. The van der Waals surface area contributed by atoms with E-state index in [1.54, 1.807) is 55.4 Å². The van der Waals surface area contributed by atoms with Crippen molar-refractivity contribution in [1.82, 2.24) is 25.4 Å². The van der Waals surface area contributed by atoms with Gasteiger partial charge in [-0.05, 0) is 64.0 Å². The number of phenolic OH excluding ortho intramolecular Hbond substituents is 1.